The van der Waals surface area contributed by atoms with Crippen LogP contribution in [0.25, 0.3) is 0 Å². The first kappa shape index (κ1) is 38.5. The molecule has 3 aromatic carbocycles. The van der Waals surface area contributed by atoms with Gasteiger partial charge in [-0.3, -0.25) is 19.2 Å². The molecule has 1 heterocycles. The van der Waals surface area contributed by atoms with Gasteiger partial charge in [0, 0.05) is 37.5 Å². The summed E-state index contributed by atoms with van der Waals surface area (Å²) in [7, 11) is 0. The van der Waals surface area contributed by atoms with Crippen LogP contribution in [0, 0.1) is 5.92 Å². The highest BCUT2D eigenvalue weighted by Gasteiger charge is 2.24. The van der Waals surface area contributed by atoms with E-state index < -0.39 is 0 Å². The molecular weight excluding hydrogens is 624 g/mol. The average Bonchev–Trinajstić information content (AvgIpc) is 3.30. The van der Waals surface area contributed by atoms with Crippen molar-refractivity contribution < 1.29 is 23.9 Å². The number of unbranched alkanes of at least 4 members (excludes halogenated alkanes) is 3. The number of ether oxygens (including phenoxy) is 1. The number of rotatable bonds is 18. The lowest BCUT2D eigenvalue weighted by molar-refractivity contribution is -0.134. The van der Waals surface area contributed by atoms with Gasteiger partial charge < -0.3 is 15.0 Å². The molecule has 0 spiro atoms. The van der Waals surface area contributed by atoms with Crippen molar-refractivity contribution in [1.29, 1.82) is 0 Å². The summed E-state index contributed by atoms with van der Waals surface area (Å²) >= 11 is 0. The van der Waals surface area contributed by atoms with Crippen molar-refractivity contribution in [3.8, 4) is 5.75 Å². The highest BCUT2D eigenvalue weighted by atomic mass is 16.5. The topological polar surface area (TPSA) is 92.8 Å². The molecule has 1 aliphatic heterocycles. The van der Waals surface area contributed by atoms with Crippen LogP contribution in [0.5, 0.6) is 5.75 Å². The fourth-order valence-electron chi connectivity index (χ4n) is 6.74. The molecule has 1 saturated heterocycles. The van der Waals surface area contributed by atoms with Crippen molar-refractivity contribution in [2.45, 2.75) is 117 Å². The van der Waals surface area contributed by atoms with Gasteiger partial charge in [-0.25, -0.2) is 0 Å². The maximum atomic E-state index is 13.7. The van der Waals surface area contributed by atoms with Crippen LogP contribution in [0.1, 0.15) is 126 Å². The molecular formula is C43H56N2O5. The van der Waals surface area contributed by atoms with Crippen LogP contribution in [-0.4, -0.2) is 41.6 Å². The second kappa shape index (κ2) is 19.8. The van der Waals surface area contributed by atoms with Crippen LogP contribution in [-0.2, 0) is 32.0 Å². The van der Waals surface area contributed by atoms with Gasteiger partial charge in [-0.1, -0.05) is 108 Å². The highest BCUT2D eigenvalue weighted by Crippen LogP contribution is 2.32. The molecule has 1 atom stereocenters. The molecule has 1 unspecified atom stereocenters. The molecule has 2 amide bonds. The van der Waals surface area contributed by atoms with Gasteiger partial charge in [0.1, 0.15) is 11.5 Å². The summed E-state index contributed by atoms with van der Waals surface area (Å²) < 4.78 is 5.60. The number of anilines is 1. The number of para-hydroxylation sites is 1. The molecule has 0 saturated carbocycles. The predicted octanol–water partition coefficient (Wildman–Crippen LogP) is 9.19. The summed E-state index contributed by atoms with van der Waals surface area (Å²) in [5.41, 5.74) is 4.93. The van der Waals surface area contributed by atoms with Gasteiger partial charge in [0.05, 0.1) is 6.42 Å². The summed E-state index contributed by atoms with van der Waals surface area (Å²) in [5, 5.41) is 3.10. The summed E-state index contributed by atoms with van der Waals surface area (Å²) in [6.07, 6.45) is 8.68. The van der Waals surface area contributed by atoms with Crippen LogP contribution in [0.2, 0.25) is 0 Å². The van der Waals surface area contributed by atoms with Gasteiger partial charge >= 0.3 is 5.97 Å². The monoisotopic (exact) mass is 680 g/mol. The van der Waals surface area contributed by atoms with Crippen molar-refractivity contribution >= 4 is 29.3 Å². The summed E-state index contributed by atoms with van der Waals surface area (Å²) in [5.74, 6) is 0.167. The maximum absolute atomic E-state index is 13.7. The number of nitrogens with one attached hydrogen (secondary N) is 1. The number of carbonyl (C=O) groups excluding carboxylic acids is 4. The molecule has 0 aliphatic carbocycles. The van der Waals surface area contributed by atoms with E-state index in [9.17, 15) is 19.2 Å². The van der Waals surface area contributed by atoms with Crippen LogP contribution < -0.4 is 10.1 Å². The van der Waals surface area contributed by atoms with Crippen LogP contribution >= 0.6 is 0 Å². The van der Waals surface area contributed by atoms with E-state index in [0.717, 1.165) is 86.0 Å². The lowest BCUT2D eigenvalue weighted by Crippen LogP contribution is -2.31. The SMILES string of the molecule is CC(C)c1cccc(C(C)C)c1NC(=O)CC(=O)C(Cc1ccccc1)Cc1ccc(OC(=O)CCCCCCN2CCCCCC2=O)cc1. The van der Waals surface area contributed by atoms with Crippen molar-refractivity contribution in [3.05, 3.63) is 95.1 Å². The lowest BCUT2D eigenvalue weighted by atomic mass is 9.87. The van der Waals surface area contributed by atoms with Gasteiger partial charge in [0.15, 0.2) is 0 Å². The van der Waals surface area contributed by atoms with Crippen molar-refractivity contribution in [2.75, 3.05) is 18.4 Å². The van der Waals surface area contributed by atoms with Gasteiger partial charge in [-0.2, -0.15) is 0 Å². The minimum Gasteiger partial charge on any atom is -0.427 e. The molecule has 7 heteroatoms. The minimum absolute atomic E-state index is 0.104. The molecule has 1 aliphatic rings. The van der Waals surface area contributed by atoms with Crippen LogP contribution in [0.15, 0.2) is 72.8 Å². The fourth-order valence-corrected chi connectivity index (χ4v) is 6.74. The quantitative estimate of drug-likeness (QED) is 0.0626. The largest absolute Gasteiger partial charge is 0.427 e. The standard InChI is InChI=1S/C43H56N2O5/c1-31(2)37-18-15-19-38(32(3)4)43(37)44-40(47)30-39(46)35(28-33-16-9-7-10-17-33)29-34-22-24-36(25-23-34)50-42(49)21-12-5-6-13-26-45-27-14-8-11-20-41(45)48/h7,9-10,15-19,22-25,31-32,35H,5-6,8,11-14,20-21,26-30H2,1-4H3,(H,44,47). The molecule has 7 nitrogen and oxygen atoms in total. The summed E-state index contributed by atoms with van der Waals surface area (Å²) in [6.45, 7) is 10.1. The molecule has 268 valence electrons. The Bertz CT molecular complexity index is 1520. The van der Waals surface area contributed by atoms with Gasteiger partial charge in [0.2, 0.25) is 11.8 Å². The van der Waals surface area contributed by atoms with Gasteiger partial charge in [-0.05, 0) is 84.7 Å². The number of nitrogens with zero attached hydrogens (tertiary/aromatic N) is 1. The molecule has 4 rings (SSSR count). The van der Waals surface area contributed by atoms with Crippen molar-refractivity contribution in [2.24, 2.45) is 5.92 Å². The van der Waals surface area contributed by atoms with E-state index in [-0.39, 0.29) is 47.7 Å². The Morgan fingerprint density at radius 3 is 2.04 bits per heavy atom. The number of hydrogen-bond acceptors (Lipinski definition) is 5. The predicted molar refractivity (Wildman–Crippen MR) is 200 cm³/mol. The second-order valence-electron chi connectivity index (χ2n) is 14.4. The molecule has 0 radical (unpaired) electrons. The average molecular weight is 681 g/mol. The molecule has 1 fully saturated rings. The molecule has 0 aromatic heterocycles. The van der Waals surface area contributed by atoms with Crippen LogP contribution in [0.3, 0.4) is 0 Å². The maximum Gasteiger partial charge on any atom is 0.311 e. The normalized spacial score (nSPS) is 14.0. The first-order chi connectivity index (χ1) is 24.1. The Morgan fingerprint density at radius 2 is 1.38 bits per heavy atom. The van der Waals surface area contributed by atoms with E-state index in [1.165, 1.54) is 0 Å². The number of benzene rings is 3. The molecule has 1 N–H and O–H groups in total. The Labute approximate surface area is 299 Å². The fraction of sp³-hybridized carbons (Fsp3) is 0.488. The number of carbonyl (C=O) groups is 4. The third-order valence-corrected chi connectivity index (χ3v) is 9.62. The van der Waals surface area contributed by atoms with E-state index in [4.69, 9.17) is 4.74 Å². The molecule has 50 heavy (non-hydrogen) atoms. The Hall–Kier alpha value is -4.26. The Kier molecular flexibility index (Phi) is 15.3. The van der Waals surface area contributed by atoms with Gasteiger partial charge in [0.25, 0.3) is 0 Å². The van der Waals surface area contributed by atoms with E-state index in [1.54, 1.807) is 12.1 Å². The third-order valence-electron chi connectivity index (χ3n) is 9.62. The van der Waals surface area contributed by atoms with Gasteiger partial charge in [-0.15, -0.1) is 0 Å². The van der Waals surface area contributed by atoms with E-state index >= 15 is 0 Å². The first-order valence-corrected chi connectivity index (χ1v) is 18.7. The zero-order valence-electron chi connectivity index (χ0n) is 30.5. The van der Waals surface area contributed by atoms with Crippen molar-refractivity contribution in [1.82, 2.24) is 4.90 Å². The number of likely N-dealkylation sites (tertiary alicyclic amines) is 1. The number of Topliss-reactive ketones (excluding diaryl/α,β-unsaturated/α-hetero) is 1. The number of esters is 1. The first-order valence-electron chi connectivity index (χ1n) is 18.7. The van der Waals surface area contributed by atoms with E-state index in [2.05, 4.69) is 33.0 Å². The van der Waals surface area contributed by atoms with E-state index in [1.807, 2.05) is 65.6 Å². The second-order valence-corrected chi connectivity index (χ2v) is 14.4. The third kappa shape index (κ3) is 12.3. The zero-order valence-corrected chi connectivity index (χ0v) is 30.5. The molecule has 3 aromatic rings. The highest BCUT2D eigenvalue weighted by molar-refractivity contribution is 6.05. The lowest BCUT2D eigenvalue weighted by Gasteiger charge is -2.21. The number of hydrogen-bond donors (Lipinski definition) is 1. The minimum atomic E-state index is -0.390. The Balaban J connectivity index is 1.29. The summed E-state index contributed by atoms with van der Waals surface area (Å²) in [6, 6.07) is 23.3. The molecule has 0 bridgehead atoms. The van der Waals surface area contributed by atoms with Crippen molar-refractivity contribution in [3.63, 3.8) is 0 Å². The van der Waals surface area contributed by atoms with E-state index in [0.29, 0.717) is 31.4 Å². The zero-order chi connectivity index (χ0) is 35.9. The smallest absolute Gasteiger partial charge is 0.311 e. The van der Waals surface area contributed by atoms with Crippen LogP contribution in [0.4, 0.5) is 5.69 Å². The number of amides is 2. The Morgan fingerprint density at radius 1 is 0.740 bits per heavy atom. The summed E-state index contributed by atoms with van der Waals surface area (Å²) in [4.78, 5) is 53.8. The number of ketones is 1.